The maximum Gasteiger partial charge on any atom is 0.137 e. The lowest BCUT2D eigenvalue weighted by Gasteiger charge is -2.13. The maximum atomic E-state index is 10.8. The molecule has 0 unspecified atom stereocenters. The Morgan fingerprint density at radius 3 is 0.687 bits per heavy atom. The number of carbonyl (C=O) groups excluding carboxylic acids is 5. The maximum absolute atomic E-state index is 10.8. The van der Waals surface area contributed by atoms with E-state index in [1.165, 1.54) is 11.1 Å². The van der Waals surface area contributed by atoms with Gasteiger partial charge in [-0.25, -0.2) is 0 Å². The van der Waals surface area contributed by atoms with Crippen molar-refractivity contribution in [2.75, 3.05) is 0 Å². The first-order valence-corrected chi connectivity index (χ1v) is 23.4. The highest BCUT2D eigenvalue weighted by molar-refractivity contribution is 5.84. The van der Waals surface area contributed by atoms with Gasteiger partial charge < -0.3 is 0 Å². The summed E-state index contributed by atoms with van der Waals surface area (Å²) in [4.78, 5) is 54.2. The quantitative estimate of drug-likeness (QED) is 0.228. The van der Waals surface area contributed by atoms with Crippen LogP contribution in [0.2, 0.25) is 0 Å². The van der Waals surface area contributed by atoms with E-state index in [2.05, 4.69) is 44.2 Å². The zero-order valence-electron chi connectivity index (χ0n) is 45.8. The molecule has 67 heavy (non-hydrogen) atoms. The van der Waals surface area contributed by atoms with Crippen LogP contribution in [0.4, 0.5) is 0 Å². The lowest BCUT2D eigenvalue weighted by molar-refractivity contribution is -0.126. The van der Waals surface area contributed by atoms with E-state index in [1.54, 1.807) is 6.92 Å². The molecule has 0 aliphatic heterocycles. The standard InChI is InChI=1S/C10H9N.5C7H14O.2C7H8.2CH4/c1-9(8-11)7-10-5-3-2-4-6-10;5*1-5-6(8)7(2,3)4;2*1-7-5-3-2-4-6-7;;/h2-7H,1H3;5*5H2,1-4H3;2*2-6H,1H3;2*1H4/b9-7-;;;;;;;;;. The zero-order chi connectivity index (χ0) is 52.3. The van der Waals surface area contributed by atoms with Crippen LogP contribution in [-0.2, 0) is 24.0 Å². The molecule has 0 aliphatic rings. The Morgan fingerprint density at radius 1 is 0.403 bits per heavy atom. The Labute approximate surface area is 415 Å². The molecule has 6 heteroatoms. The van der Waals surface area contributed by atoms with Crippen molar-refractivity contribution in [1.29, 1.82) is 5.26 Å². The Bertz CT molecular complexity index is 1590. The first kappa shape index (κ1) is 76.5. The van der Waals surface area contributed by atoms with Gasteiger partial charge in [0.1, 0.15) is 28.9 Å². The second kappa shape index (κ2) is 40.3. The lowest BCUT2D eigenvalue weighted by atomic mass is 9.89. The van der Waals surface area contributed by atoms with Gasteiger partial charge in [-0.2, -0.15) is 5.26 Å². The molecule has 6 nitrogen and oxygen atoms in total. The van der Waals surface area contributed by atoms with Gasteiger partial charge in [-0.1, -0.05) is 255 Å². The molecule has 3 rings (SSSR count). The van der Waals surface area contributed by atoms with Gasteiger partial charge in [-0.05, 0) is 32.4 Å². The third-order valence-corrected chi connectivity index (χ3v) is 9.03. The highest BCUT2D eigenvalue weighted by Gasteiger charge is 2.20. The minimum Gasteiger partial charge on any atom is -0.299 e. The second-order valence-electron chi connectivity index (χ2n) is 20.8. The predicted octanol–water partition coefficient (Wildman–Crippen LogP) is 17.9. The number of hydrogen-bond acceptors (Lipinski definition) is 6. The highest BCUT2D eigenvalue weighted by Crippen LogP contribution is 2.18. The summed E-state index contributed by atoms with van der Waals surface area (Å²) in [6.45, 7) is 44.6. The molecule has 0 atom stereocenters. The topological polar surface area (TPSA) is 109 Å². The molecule has 0 amide bonds. The number of aryl methyl sites for hydroxylation is 2. The van der Waals surface area contributed by atoms with E-state index in [1.807, 2.05) is 211 Å². The van der Waals surface area contributed by atoms with Gasteiger partial charge in [0.2, 0.25) is 0 Å². The molecule has 382 valence electrons. The molecule has 0 spiro atoms. The molecule has 3 aromatic carbocycles. The van der Waals surface area contributed by atoms with E-state index in [-0.39, 0.29) is 41.9 Å². The highest BCUT2D eigenvalue weighted by atomic mass is 16.1. The van der Waals surface area contributed by atoms with Crippen molar-refractivity contribution >= 4 is 35.0 Å². The number of ketones is 5. The minimum absolute atomic E-state index is 0. The number of benzene rings is 3. The second-order valence-corrected chi connectivity index (χ2v) is 20.8. The first-order valence-electron chi connectivity index (χ1n) is 23.4. The monoisotopic (exact) mass is 930 g/mol. The van der Waals surface area contributed by atoms with Crippen LogP contribution in [0.25, 0.3) is 6.08 Å². The van der Waals surface area contributed by atoms with Crippen molar-refractivity contribution in [1.82, 2.24) is 0 Å². The Balaban J connectivity index is -0.000000123. The number of hydrogen-bond donors (Lipinski definition) is 0. The normalized spacial score (nSPS) is 10.4. The fourth-order valence-electron chi connectivity index (χ4n) is 4.55. The molecule has 0 radical (unpaired) electrons. The predicted molar refractivity (Wildman–Crippen MR) is 295 cm³/mol. The summed E-state index contributed by atoms with van der Waals surface area (Å²) < 4.78 is 0. The average molecular weight is 930 g/mol. The SMILES string of the molecule is C.C.C/C(C#N)=C/c1ccccc1.CCC(=O)C(C)(C)C.CCC(=O)C(C)(C)C.CCC(=O)C(C)(C)C.CCC(=O)C(C)(C)C.CCC(=O)C(C)(C)C.Cc1ccccc1.Cc1ccccc1. The zero-order valence-corrected chi connectivity index (χ0v) is 45.8. The molecule has 0 saturated heterocycles. The van der Waals surface area contributed by atoms with Crippen LogP contribution in [0.1, 0.15) is 209 Å². The van der Waals surface area contributed by atoms with Crippen LogP contribution in [-0.4, -0.2) is 28.9 Å². The summed E-state index contributed by atoms with van der Waals surface area (Å²) in [6, 6.07) is 32.4. The summed E-state index contributed by atoms with van der Waals surface area (Å²) in [5.74, 6) is 1.66. The van der Waals surface area contributed by atoms with Crippen LogP contribution in [0.5, 0.6) is 0 Å². The minimum atomic E-state index is -0.130. The largest absolute Gasteiger partial charge is 0.299 e. The summed E-state index contributed by atoms with van der Waals surface area (Å²) in [7, 11) is 0. The van der Waals surface area contributed by atoms with Crippen LogP contribution in [0.15, 0.2) is 96.6 Å². The molecule has 0 heterocycles. The molecule has 3 aromatic rings. The van der Waals surface area contributed by atoms with Crippen molar-refractivity contribution in [2.45, 2.75) is 206 Å². The van der Waals surface area contributed by atoms with Gasteiger partial charge in [0.05, 0.1) is 6.07 Å². The van der Waals surface area contributed by atoms with Gasteiger partial charge >= 0.3 is 0 Å². The summed E-state index contributed by atoms with van der Waals surface area (Å²) >= 11 is 0. The summed E-state index contributed by atoms with van der Waals surface area (Å²) in [6.07, 6.45) is 5.14. The molecule has 0 fully saturated rings. The van der Waals surface area contributed by atoms with Crippen molar-refractivity contribution in [3.8, 4) is 6.07 Å². The lowest BCUT2D eigenvalue weighted by Crippen LogP contribution is -2.18. The van der Waals surface area contributed by atoms with Gasteiger partial charge in [-0.3, -0.25) is 24.0 Å². The molecule has 0 bridgehead atoms. The first-order chi connectivity index (χ1) is 29.5. The number of nitrogens with zero attached hydrogens (tertiary/aromatic N) is 1. The number of allylic oxidation sites excluding steroid dienone is 1. The molecule has 0 aliphatic carbocycles. The van der Waals surface area contributed by atoms with Crippen molar-refractivity contribution < 1.29 is 24.0 Å². The van der Waals surface area contributed by atoms with Crippen molar-refractivity contribution in [2.24, 2.45) is 27.1 Å². The van der Waals surface area contributed by atoms with E-state index in [0.29, 0.717) is 61.0 Å². The van der Waals surface area contributed by atoms with Crippen LogP contribution in [0, 0.1) is 52.3 Å². The number of carbonyl (C=O) groups is 5. The van der Waals surface area contributed by atoms with Crippen molar-refractivity contribution in [3.05, 3.63) is 113 Å². The number of rotatable bonds is 6. The van der Waals surface area contributed by atoms with E-state index >= 15 is 0 Å². The van der Waals surface area contributed by atoms with Crippen molar-refractivity contribution in [3.63, 3.8) is 0 Å². The van der Waals surface area contributed by atoms with Gasteiger partial charge in [0.15, 0.2) is 0 Å². The van der Waals surface area contributed by atoms with Crippen LogP contribution in [0.3, 0.4) is 0 Å². The van der Waals surface area contributed by atoms with Gasteiger partial charge in [0, 0.05) is 64.8 Å². The molecule has 0 N–H and O–H groups in total. The third-order valence-electron chi connectivity index (χ3n) is 9.03. The summed E-state index contributed by atoms with van der Waals surface area (Å²) in [5, 5.41) is 8.48. The Morgan fingerprint density at radius 2 is 0.582 bits per heavy atom. The smallest absolute Gasteiger partial charge is 0.137 e. The number of Topliss-reactive ketones (excluding diaryl/α,β-unsaturated/α-hetero) is 5. The fourth-order valence-corrected chi connectivity index (χ4v) is 4.55. The Kier molecular flexibility index (Phi) is 46.0. The molecule has 0 aromatic heterocycles. The fraction of sp³-hybridized carbons (Fsp3) is 0.574. The van der Waals surface area contributed by atoms with E-state index in [0.717, 1.165) is 11.1 Å². The average Bonchev–Trinajstić information content (AvgIpc) is 3.22. The molecular formula is C61H103NO5. The van der Waals surface area contributed by atoms with Gasteiger partial charge in [0.25, 0.3) is 0 Å². The summed E-state index contributed by atoms with van der Waals surface area (Å²) in [5.41, 5.74) is 3.80. The van der Waals surface area contributed by atoms with Crippen LogP contribution >= 0.6 is 0 Å². The molecule has 0 saturated carbocycles. The van der Waals surface area contributed by atoms with Gasteiger partial charge in [-0.15, -0.1) is 0 Å². The van der Waals surface area contributed by atoms with E-state index in [9.17, 15) is 24.0 Å². The Hall–Kier alpha value is -4.76. The van der Waals surface area contributed by atoms with E-state index in [4.69, 9.17) is 5.26 Å². The molecular weight excluding hydrogens is 827 g/mol. The van der Waals surface area contributed by atoms with E-state index < -0.39 is 0 Å². The van der Waals surface area contributed by atoms with Crippen LogP contribution < -0.4 is 0 Å². The third kappa shape index (κ3) is 50.5. The number of nitriles is 1.